The molecule has 1 heterocycles. The van der Waals surface area contributed by atoms with Crippen LogP contribution >= 0.6 is 0 Å². The molecule has 0 unspecified atom stereocenters. The number of nitrogens with zero attached hydrogens (tertiary/aromatic N) is 1. The van der Waals surface area contributed by atoms with Crippen molar-refractivity contribution in [3.8, 4) is 11.3 Å². The monoisotopic (exact) mass is 346 g/mol. The zero-order valence-electron chi connectivity index (χ0n) is 15.1. The zero-order valence-corrected chi connectivity index (χ0v) is 15.1. The Bertz CT molecular complexity index is 1080. The Balaban J connectivity index is 1.83. The fourth-order valence-electron chi connectivity index (χ4n) is 3.97. The normalized spacial score (nSPS) is 14.5. The van der Waals surface area contributed by atoms with Gasteiger partial charge in [-0.05, 0) is 24.0 Å². The van der Waals surface area contributed by atoms with E-state index < -0.39 is 0 Å². The first kappa shape index (κ1) is 16.6. The van der Waals surface area contributed by atoms with Gasteiger partial charge in [-0.3, -0.25) is 9.36 Å². The van der Waals surface area contributed by atoms with Gasteiger partial charge < -0.3 is 4.98 Å². The van der Waals surface area contributed by atoms with E-state index in [1.54, 1.807) is 0 Å². The summed E-state index contributed by atoms with van der Waals surface area (Å²) < 4.78 is 1.35. The minimum absolute atomic E-state index is 0.167. The van der Waals surface area contributed by atoms with Crippen molar-refractivity contribution in [2.24, 2.45) is 0 Å². The number of rotatable bonds is 3. The number of hydrogen-bond acceptors (Lipinski definition) is 2. The molecule has 0 saturated heterocycles. The lowest BCUT2D eigenvalue weighted by Crippen LogP contribution is -2.44. The molecule has 0 saturated carbocycles. The highest BCUT2D eigenvalue weighted by atomic mass is 16.2. The van der Waals surface area contributed by atoms with Crippen LogP contribution in [-0.2, 0) is 24.8 Å². The first-order valence-electron chi connectivity index (χ1n) is 8.97. The van der Waals surface area contributed by atoms with Gasteiger partial charge in [0.25, 0.3) is 5.56 Å². The molecule has 1 aliphatic rings. The Morgan fingerprint density at radius 1 is 1.00 bits per heavy atom. The molecule has 132 valence electrons. The van der Waals surface area contributed by atoms with Crippen molar-refractivity contribution in [1.82, 2.24) is 9.55 Å². The van der Waals surface area contributed by atoms with Gasteiger partial charge in [0, 0.05) is 23.1 Å². The van der Waals surface area contributed by atoms with Crippen molar-refractivity contribution in [2.75, 3.05) is 0 Å². The molecule has 0 radical (unpaired) electrons. The maximum absolute atomic E-state index is 13.2. The average molecular weight is 346 g/mol. The number of benzene rings is 2. The fraction of sp³-hybridized carbons (Fsp3) is 0.273. The van der Waals surface area contributed by atoms with Crippen LogP contribution in [-0.4, -0.2) is 9.55 Å². The third-order valence-corrected chi connectivity index (χ3v) is 5.25. The smallest absolute Gasteiger partial charge is 0.306 e. The fourth-order valence-corrected chi connectivity index (χ4v) is 3.97. The van der Waals surface area contributed by atoms with Crippen LogP contribution in [0.4, 0.5) is 0 Å². The SMILES string of the molecule is CC1(C)Cc2ccccc2-c2[nH]c(=O)n(CCc3ccccc3)c(=O)c21. The molecule has 0 atom stereocenters. The van der Waals surface area contributed by atoms with Gasteiger partial charge in [0.1, 0.15) is 0 Å². The maximum atomic E-state index is 13.2. The van der Waals surface area contributed by atoms with Gasteiger partial charge in [0.05, 0.1) is 5.69 Å². The van der Waals surface area contributed by atoms with E-state index in [0.717, 1.165) is 17.5 Å². The number of H-pyrrole nitrogens is 1. The molecule has 2 aromatic carbocycles. The summed E-state index contributed by atoms with van der Waals surface area (Å²) >= 11 is 0. The Labute approximate surface area is 152 Å². The molecule has 0 spiro atoms. The van der Waals surface area contributed by atoms with Gasteiger partial charge >= 0.3 is 5.69 Å². The highest BCUT2D eigenvalue weighted by Crippen LogP contribution is 2.39. The molecule has 3 aromatic rings. The van der Waals surface area contributed by atoms with E-state index in [0.29, 0.717) is 24.2 Å². The van der Waals surface area contributed by atoms with Crippen molar-refractivity contribution in [3.05, 3.63) is 92.1 Å². The number of nitrogens with one attached hydrogen (secondary N) is 1. The summed E-state index contributed by atoms with van der Waals surface area (Å²) in [6, 6.07) is 17.9. The lowest BCUT2D eigenvalue weighted by Gasteiger charge is -2.33. The van der Waals surface area contributed by atoms with E-state index in [1.165, 1.54) is 10.1 Å². The molecule has 4 heteroatoms. The standard InChI is InChI=1S/C22H22N2O2/c1-22(2)14-16-10-6-7-11-17(16)19-18(22)20(25)24(21(26)23-19)13-12-15-8-4-3-5-9-15/h3-11H,12-14H2,1-2H3,(H,23,26). The summed E-state index contributed by atoms with van der Waals surface area (Å²) in [5, 5.41) is 0. The minimum atomic E-state index is -0.336. The van der Waals surface area contributed by atoms with Gasteiger partial charge in [-0.2, -0.15) is 0 Å². The van der Waals surface area contributed by atoms with Crippen LogP contribution in [0.5, 0.6) is 0 Å². The molecular formula is C22H22N2O2. The Kier molecular flexibility index (Phi) is 3.91. The highest BCUT2D eigenvalue weighted by Gasteiger charge is 2.35. The molecule has 0 fully saturated rings. The number of aromatic amines is 1. The molecule has 0 bridgehead atoms. The van der Waals surface area contributed by atoms with Crippen LogP contribution < -0.4 is 11.2 Å². The number of fused-ring (bicyclic) bond motifs is 3. The summed E-state index contributed by atoms with van der Waals surface area (Å²) in [6.07, 6.45) is 1.44. The summed E-state index contributed by atoms with van der Waals surface area (Å²) in [7, 11) is 0. The van der Waals surface area contributed by atoms with Crippen molar-refractivity contribution >= 4 is 0 Å². The first-order valence-corrected chi connectivity index (χ1v) is 8.97. The second-order valence-corrected chi connectivity index (χ2v) is 7.59. The third-order valence-electron chi connectivity index (χ3n) is 5.25. The van der Waals surface area contributed by atoms with Crippen molar-refractivity contribution < 1.29 is 0 Å². The van der Waals surface area contributed by atoms with E-state index in [1.807, 2.05) is 48.5 Å². The average Bonchev–Trinajstić information content (AvgIpc) is 2.61. The van der Waals surface area contributed by atoms with E-state index in [-0.39, 0.29) is 16.7 Å². The van der Waals surface area contributed by atoms with Gasteiger partial charge in [-0.25, -0.2) is 4.79 Å². The minimum Gasteiger partial charge on any atom is -0.306 e. The molecular weight excluding hydrogens is 324 g/mol. The Morgan fingerprint density at radius 3 is 2.46 bits per heavy atom. The molecule has 1 N–H and O–H groups in total. The summed E-state index contributed by atoms with van der Waals surface area (Å²) in [6.45, 7) is 4.52. The van der Waals surface area contributed by atoms with Crippen LogP contribution in [0, 0.1) is 0 Å². The van der Waals surface area contributed by atoms with E-state index in [2.05, 4.69) is 24.9 Å². The molecule has 1 aliphatic carbocycles. The summed E-state index contributed by atoms with van der Waals surface area (Å²) in [5.41, 5.74) is 3.82. The predicted octanol–water partition coefficient (Wildman–Crippen LogP) is 3.28. The van der Waals surface area contributed by atoms with Crippen LogP contribution in [0.25, 0.3) is 11.3 Å². The van der Waals surface area contributed by atoms with Crippen LogP contribution in [0.1, 0.15) is 30.5 Å². The maximum Gasteiger partial charge on any atom is 0.328 e. The number of aryl methyl sites for hydroxylation is 1. The summed E-state index contributed by atoms with van der Waals surface area (Å²) in [5.74, 6) is 0. The lowest BCUT2D eigenvalue weighted by molar-refractivity contribution is 0.490. The first-order chi connectivity index (χ1) is 12.5. The summed E-state index contributed by atoms with van der Waals surface area (Å²) in [4.78, 5) is 28.9. The molecule has 26 heavy (non-hydrogen) atoms. The molecule has 4 nitrogen and oxygen atoms in total. The third kappa shape index (κ3) is 2.71. The van der Waals surface area contributed by atoms with Gasteiger partial charge in [0.15, 0.2) is 0 Å². The molecule has 1 aromatic heterocycles. The van der Waals surface area contributed by atoms with Gasteiger partial charge in [-0.1, -0.05) is 68.4 Å². The molecule has 0 amide bonds. The number of aromatic nitrogens is 2. The van der Waals surface area contributed by atoms with Crippen LogP contribution in [0.2, 0.25) is 0 Å². The molecule has 4 rings (SSSR count). The Morgan fingerprint density at radius 2 is 1.69 bits per heavy atom. The van der Waals surface area contributed by atoms with E-state index >= 15 is 0 Å². The quantitative estimate of drug-likeness (QED) is 0.791. The van der Waals surface area contributed by atoms with Crippen molar-refractivity contribution in [3.63, 3.8) is 0 Å². The highest BCUT2D eigenvalue weighted by molar-refractivity contribution is 5.71. The predicted molar refractivity (Wildman–Crippen MR) is 104 cm³/mol. The van der Waals surface area contributed by atoms with Crippen molar-refractivity contribution in [1.29, 1.82) is 0 Å². The number of hydrogen-bond donors (Lipinski definition) is 1. The van der Waals surface area contributed by atoms with Crippen molar-refractivity contribution in [2.45, 2.75) is 38.6 Å². The van der Waals surface area contributed by atoms with E-state index in [9.17, 15) is 9.59 Å². The lowest BCUT2D eigenvalue weighted by atomic mass is 9.72. The second kappa shape index (κ2) is 6.13. The van der Waals surface area contributed by atoms with Crippen LogP contribution in [0.3, 0.4) is 0 Å². The zero-order chi connectivity index (χ0) is 18.3. The topological polar surface area (TPSA) is 54.9 Å². The largest absolute Gasteiger partial charge is 0.328 e. The van der Waals surface area contributed by atoms with E-state index in [4.69, 9.17) is 0 Å². The second-order valence-electron chi connectivity index (χ2n) is 7.59. The van der Waals surface area contributed by atoms with Crippen LogP contribution in [0.15, 0.2) is 64.2 Å². The molecule has 0 aliphatic heterocycles. The van der Waals surface area contributed by atoms with Gasteiger partial charge in [-0.15, -0.1) is 0 Å². The Hall–Kier alpha value is -2.88. The van der Waals surface area contributed by atoms with Gasteiger partial charge in [0.2, 0.25) is 0 Å².